The zero-order chi connectivity index (χ0) is 21.1. The number of carbonyl (C=O) groups is 1. The van der Waals surface area contributed by atoms with Gasteiger partial charge in [0.05, 0.1) is 11.4 Å². The van der Waals surface area contributed by atoms with E-state index in [2.05, 4.69) is 15.3 Å². The van der Waals surface area contributed by atoms with Crippen LogP contribution in [0.4, 0.5) is 4.39 Å². The van der Waals surface area contributed by atoms with Gasteiger partial charge in [-0.05, 0) is 55.8 Å². The summed E-state index contributed by atoms with van der Waals surface area (Å²) in [6, 6.07) is 13.5. The van der Waals surface area contributed by atoms with E-state index in [1.54, 1.807) is 24.4 Å². The van der Waals surface area contributed by atoms with Crippen LogP contribution < -0.4 is 10.1 Å². The van der Waals surface area contributed by atoms with E-state index in [0.717, 1.165) is 22.5 Å². The van der Waals surface area contributed by atoms with Crippen LogP contribution in [0.3, 0.4) is 0 Å². The molecular weight excluding hydrogens is 419 g/mol. The number of hydrogen-bond donors (Lipinski definition) is 1. The second kappa shape index (κ2) is 9.57. The summed E-state index contributed by atoms with van der Waals surface area (Å²) in [4.78, 5) is 20.9. The number of nitrogens with zero attached hydrogens (tertiary/aromatic N) is 3. The molecule has 3 heterocycles. The Balaban J connectivity index is 0.00000272. The molecule has 0 aliphatic carbocycles. The van der Waals surface area contributed by atoms with Crippen molar-refractivity contribution in [3.63, 3.8) is 0 Å². The predicted molar refractivity (Wildman–Crippen MR) is 119 cm³/mol. The molecule has 0 unspecified atom stereocenters. The molecule has 4 aromatic rings. The lowest BCUT2D eigenvalue weighted by atomic mass is 10.1. The summed E-state index contributed by atoms with van der Waals surface area (Å²) in [6.45, 7) is 4.65. The van der Waals surface area contributed by atoms with Crippen LogP contribution in [0.1, 0.15) is 28.7 Å². The fraction of sp³-hybridized carbons (Fsp3) is 0.174. The first kappa shape index (κ1) is 22.2. The van der Waals surface area contributed by atoms with Crippen LogP contribution >= 0.6 is 12.4 Å². The Kier molecular flexibility index (Phi) is 6.87. The molecule has 0 aliphatic heterocycles. The molecule has 8 heteroatoms. The van der Waals surface area contributed by atoms with Crippen molar-refractivity contribution in [2.75, 3.05) is 6.54 Å². The molecule has 6 nitrogen and oxygen atoms in total. The highest BCUT2D eigenvalue weighted by molar-refractivity contribution is 5.92. The van der Waals surface area contributed by atoms with Crippen molar-refractivity contribution >= 4 is 24.0 Å². The fourth-order valence-electron chi connectivity index (χ4n) is 3.28. The molecule has 0 bridgehead atoms. The van der Waals surface area contributed by atoms with E-state index in [-0.39, 0.29) is 24.1 Å². The summed E-state index contributed by atoms with van der Waals surface area (Å²) in [7, 11) is 0. The van der Waals surface area contributed by atoms with Gasteiger partial charge in [0, 0.05) is 24.5 Å². The van der Waals surface area contributed by atoms with E-state index in [1.807, 2.05) is 42.6 Å². The highest BCUT2D eigenvalue weighted by atomic mass is 35.5. The number of nitrogens with one attached hydrogen (secondary N) is 1. The third kappa shape index (κ3) is 4.67. The minimum Gasteiger partial charge on any atom is -0.485 e. The molecule has 0 saturated carbocycles. The molecule has 1 amide bonds. The minimum atomic E-state index is -0.277. The molecular formula is C23H22ClFN4O2. The predicted octanol–water partition coefficient (Wildman–Crippen LogP) is 4.59. The maximum atomic E-state index is 13.1. The maximum absolute atomic E-state index is 13.1. The molecule has 1 N–H and O–H groups in total. The monoisotopic (exact) mass is 440 g/mol. The fourth-order valence-corrected chi connectivity index (χ4v) is 3.28. The van der Waals surface area contributed by atoms with Crippen molar-refractivity contribution in [1.82, 2.24) is 19.7 Å². The Morgan fingerprint density at radius 1 is 1.16 bits per heavy atom. The van der Waals surface area contributed by atoms with Crippen molar-refractivity contribution < 1.29 is 13.9 Å². The number of aryl methyl sites for hydroxylation is 1. The number of imidazole rings is 1. The van der Waals surface area contributed by atoms with Gasteiger partial charge < -0.3 is 10.1 Å². The SMILES string of the molecule is CCNC(=O)c1ccc(-c2c(C)nc3c(OCc4ccc(F)cc4)cccn23)cn1.Cl. The summed E-state index contributed by atoms with van der Waals surface area (Å²) in [5, 5.41) is 2.74. The van der Waals surface area contributed by atoms with Gasteiger partial charge in [0.1, 0.15) is 18.1 Å². The first-order chi connectivity index (χ1) is 14.6. The van der Waals surface area contributed by atoms with Crippen LogP contribution in [0, 0.1) is 12.7 Å². The summed E-state index contributed by atoms with van der Waals surface area (Å²) >= 11 is 0. The van der Waals surface area contributed by atoms with Crippen molar-refractivity contribution in [2.24, 2.45) is 0 Å². The first-order valence-electron chi connectivity index (χ1n) is 9.66. The number of benzene rings is 1. The lowest BCUT2D eigenvalue weighted by molar-refractivity contribution is 0.0951. The summed E-state index contributed by atoms with van der Waals surface area (Å²) < 4.78 is 21.0. The number of fused-ring (bicyclic) bond motifs is 1. The molecule has 0 spiro atoms. The van der Waals surface area contributed by atoms with Crippen molar-refractivity contribution in [3.8, 4) is 17.0 Å². The number of aromatic nitrogens is 3. The Morgan fingerprint density at radius 2 is 1.94 bits per heavy atom. The Hall–Kier alpha value is -3.45. The third-order valence-electron chi connectivity index (χ3n) is 4.70. The number of hydrogen-bond acceptors (Lipinski definition) is 4. The number of carbonyl (C=O) groups excluding carboxylic acids is 1. The van der Waals surface area contributed by atoms with Gasteiger partial charge in [-0.25, -0.2) is 9.37 Å². The zero-order valence-corrected chi connectivity index (χ0v) is 17.9. The third-order valence-corrected chi connectivity index (χ3v) is 4.70. The number of ether oxygens (including phenoxy) is 1. The van der Waals surface area contributed by atoms with E-state index in [1.165, 1.54) is 12.1 Å². The molecule has 0 atom stereocenters. The molecule has 0 fully saturated rings. The Labute approximate surface area is 185 Å². The molecule has 3 aromatic heterocycles. The second-order valence-corrected chi connectivity index (χ2v) is 6.82. The quantitative estimate of drug-likeness (QED) is 0.476. The van der Waals surface area contributed by atoms with Gasteiger partial charge in [0.15, 0.2) is 11.4 Å². The number of pyridine rings is 2. The van der Waals surface area contributed by atoms with Gasteiger partial charge >= 0.3 is 0 Å². The van der Waals surface area contributed by atoms with Crippen LogP contribution in [0.25, 0.3) is 16.9 Å². The first-order valence-corrected chi connectivity index (χ1v) is 9.66. The highest BCUT2D eigenvalue weighted by Gasteiger charge is 2.15. The van der Waals surface area contributed by atoms with Gasteiger partial charge in [0.25, 0.3) is 5.91 Å². The van der Waals surface area contributed by atoms with Gasteiger partial charge in [-0.1, -0.05) is 12.1 Å². The van der Waals surface area contributed by atoms with Gasteiger partial charge in [-0.2, -0.15) is 0 Å². The van der Waals surface area contributed by atoms with Crippen molar-refractivity contribution in [2.45, 2.75) is 20.5 Å². The standard InChI is InChI=1S/C23H21FN4O2.ClH/c1-3-25-23(29)19-11-8-17(13-26-19)21-15(2)27-22-20(5-4-12-28(21)22)30-14-16-6-9-18(24)10-7-16;/h4-13H,3,14H2,1-2H3,(H,25,29);1H. The molecule has 0 radical (unpaired) electrons. The van der Waals surface area contributed by atoms with Gasteiger partial charge in [-0.15, -0.1) is 12.4 Å². The number of amides is 1. The second-order valence-electron chi connectivity index (χ2n) is 6.82. The van der Waals surface area contributed by atoms with Crippen LogP contribution in [0.15, 0.2) is 60.9 Å². The molecule has 0 aliphatic rings. The van der Waals surface area contributed by atoms with Crippen LogP contribution in [-0.4, -0.2) is 26.8 Å². The molecule has 160 valence electrons. The summed E-state index contributed by atoms with van der Waals surface area (Å²) in [5.74, 6) is 0.152. The normalized spacial score (nSPS) is 10.5. The molecule has 1 aromatic carbocycles. The molecule has 31 heavy (non-hydrogen) atoms. The van der Waals surface area contributed by atoms with Crippen LogP contribution in [0.5, 0.6) is 5.75 Å². The average molecular weight is 441 g/mol. The minimum absolute atomic E-state index is 0. The zero-order valence-electron chi connectivity index (χ0n) is 17.1. The lowest BCUT2D eigenvalue weighted by Crippen LogP contribution is -2.23. The Morgan fingerprint density at radius 3 is 2.61 bits per heavy atom. The largest absolute Gasteiger partial charge is 0.485 e. The van der Waals surface area contributed by atoms with Crippen LogP contribution in [-0.2, 0) is 6.61 Å². The van der Waals surface area contributed by atoms with Gasteiger partial charge in [-0.3, -0.25) is 14.2 Å². The maximum Gasteiger partial charge on any atom is 0.269 e. The number of halogens is 2. The van der Waals surface area contributed by atoms with E-state index < -0.39 is 0 Å². The molecule has 0 saturated heterocycles. The van der Waals surface area contributed by atoms with E-state index in [9.17, 15) is 9.18 Å². The topological polar surface area (TPSA) is 68.5 Å². The van der Waals surface area contributed by atoms with Crippen LogP contribution in [0.2, 0.25) is 0 Å². The Bertz CT molecular complexity index is 1190. The summed E-state index contributed by atoms with van der Waals surface area (Å²) in [6.07, 6.45) is 3.58. The highest BCUT2D eigenvalue weighted by Crippen LogP contribution is 2.29. The average Bonchev–Trinajstić information content (AvgIpc) is 3.10. The van der Waals surface area contributed by atoms with E-state index >= 15 is 0 Å². The lowest BCUT2D eigenvalue weighted by Gasteiger charge is -2.09. The number of rotatable bonds is 6. The molecule has 4 rings (SSSR count). The van der Waals surface area contributed by atoms with E-state index in [4.69, 9.17) is 4.74 Å². The van der Waals surface area contributed by atoms with Gasteiger partial charge in [0.2, 0.25) is 0 Å². The smallest absolute Gasteiger partial charge is 0.269 e. The van der Waals surface area contributed by atoms with E-state index in [0.29, 0.717) is 30.2 Å². The summed E-state index contributed by atoms with van der Waals surface area (Å²) in [5.41, 5.74) is 4.47. The van der Waals surface area contributed by atoms with Crippen molar-refractivity contribution in [1.29, 1.82) is 0 Å². The van der Waals surface area contributed by atoms with Crippen molar-refractivity contribution in [3.05, 3.63) is 83.7 Å².